The Labute approximate surface area is 425 Å². The molecule has 0 saturated heterocycles. The summed E-state index contributed by atoms with van der Waals surface area (Å²) in [4.78, 5) is 12.5. The van der Waals surface area contributed by atoms with Crippen molar-refractivity contribution in [2.45, 2.75) is 353 Å². The summed E-state index contributed by atoms with van der Waals surface area (Å²) in [6.45, 7) is 4.25. The van der Waals surface area contributed by atoms with Crippen molar-refractivity contribution in [1.82, 2.24) is 5.32 Å². The van der Waals surface area contributed by atoms with Crippen LogP contribution in [-0.2, 0) is 4.79 Å². The summed E-state index contributed by atoms with van der Waals surface area (Å²) < 4.78 is 0. The van der Waals surface area contributed by atoms with E-state index in [1.54, 1.807) is 6.08 Å². The molecule has 0 fully saturated rings. The summed E-state index contributed by atoms with van der Waals surface area (Å²) in [6.07, 6.45) is 76.4. The first kappa shape index (κ1) is 66.6. The quantitative estimate of drug-likeness (QED) is 0.0361. The van der Waals surface area contributed by atoms with Gasteiger partial charge in [-0.1, -0.05) is 314 Å². The Bertz CT molecular complexity index is 1060. The van der Waals surface area contributed by atoms with Crippen molar-refractivity contribution in [2.75, 3.05) is 6.61 Å². The van der Waals surface area contributed by atoms with E-state index in [1.807, 2.05) is 6.08 Å². The van der Waals surface area contributed by atoms with Gasteiger partial charge in [0.05, 0.1) is 31.3 Å². The van der Waals surface area contributed by atoms with Gasteiger partial charge in [-0.05, 0) is 51.4 Å². The van der Waals surface area contributed by atoms with Crippen LogP contribution < -0.4 is 5.32 Å². The molecule has 0 saturated carbocycles. The molecule has 3 unspecified atom stereocenters. The Balaban J connectivity index is 3.53. The maximum atomic E-state index is 12.5. The van der Waals surface area contributed by atoms with E-state index in [2.05, 4.69) is 43.5 Å². The molecule has 0 aliphatic rings. The molecule has 0 spiro atoms. The number of nitrogens with one attached hydrogen (secondary N) is 1. The van der Waals surface area contributed by atoms with Crippen LogP contribution >= 0.6 is 0 Å². The second-order valence-corrected chi connectivity index (χ2v) is 21.3. The van der Waals surface area contributed by atoms with E-state index in [1.165, 1.54) is 276 Å². The van der Waals surface area contributed by atoms with Gasteiger partial charge >= 0.3 is 0 Å². The number of carbonyl (C=O) groups excluding carboxylic acids is 1. The number of hydrogen-bond acceptors (Lipinski definition) is 4. The number of unbranched alkanes of at least 4 members (excludes halogenated alkanes) is 44. The maximum Gasteiger partial charge on any atom is 0.222 e. The molecule has 0 aliphatic carbocycles. The van der Waals surface area contributed by atoms with Gasteiger partial charge in [-0.2, -0.15) is 0 Å². The third-order valence-electron chi connectivity index (χ3n) is 14.4. The first-order valence-corrected chi connectivity index (χ1v) is 30.8. The minimum absolute atomic E-state index is 0.0156. The molecular weight excluding hydrogens is 835 g/mol. The lowest BCUT2D eigenvalue weighted by Crippen LogP contribution is -2.45. The Morgan fingerprint density at radius 3 is 0.971 bits per heavy atom. The van der Waals surface area contributed by atoms with Crippen LogP contribution in [0.4, 0.5) is 0 Å². The van der Waals surface area contributed by atoms with Gasteiger partial charge < -0.3 is 20.6 Å². The molecule has 0 aromatic carbocycles. The summed E-state index contributed by atoms with van der Waals surface area (Å²) in [5, 5.41) is 33.5. The Morgan fingerprint density at radius 2 is 0.662 bits per heavy atom. The zero-order valence-electron chi connectivity index (χ0n) is 46.0. The van der Waals surface area contributed by atoms with E-state index in [0.717, 1.165) is 32.1 Å². The highest BCUT2D eigenvalue weighted by molar-refractivity contribution is 5.76. The molecule has 1 amide bonds. The SMILES string of the molecule is CCCCCCCCCCC/C=C\C/C=C\CCCCCCCCCCCCCCCCCC(O)CC(=O)NC(CO)C(O)/C=C/CCCCCCCCCCCCCCCCCCCCCC. The van der Waals surface area contributed by atoms with E-state index in [4.69, 9.17) is 0 Å². The van der Waals surface area contributed by atoms with Gasteiger partial charge in [-0.15, -0.1) is 0 Å². The van der Waals surface area contributed by atoms with Crippen LogP contribution in [0.25, 0.3) is 0 Å². The number of carbonyl (C=O) groups is 1. The normalized spacial score (nSPS) is 13.4. The first-order chi connectivity index (χ1) is 33.5. The van der Waals surface area contributed by atoms with Crippen molar-refractivity contribution in [2.24, 2.45) is 0 Å². The summed E-state index contributed by atoms with van der Waals surface area (Å²) in [5.74, 6) is -0.310. The predicted octanol–water partition coefficient (Wildman–Crippen LogP) is 19.4. The van der Waals surface area contributed by atoms with Crippen LogP contribution in [0, 0.1) is 0 Å². The van der Waals surface area contributed by atoms with E-state index in [9.17, 15) is 20.1 Å². The minimum Gasteiger partial charge on any atom is -0.394 e. The van der Waals surface area contributed by atoms with E-state index in [0.29, 0.717) is 6.42 Å². The highest BCUT2D eigenvalue weighted by atomic mass is 16.3. The average molecular weight is 957 g/mol. The monoisotopic (exact) mass is 956 g/mol. The molecule has 402 valence electrons. The largest absolute Gasteiger partial charge is 0.394 e. The van der Waals surface area contributed by atoms with Crippen molar-refractivity contribution in [1.29, 1.82) is 0 Å². The van der Waals surface area contributed by atoms with Gasteiger partial charge in [0.2, 0.25) is 5.91 Å². The topological polar surface area (TPSA) is 89.8 Å². The second kappa shape index (κ2) is 58.1. The third kappa shape index (κ3) is 53.9. The molecule has 5 nitrogen and oxygen atoms in total. The Hall–Kier alpha value is -1.43. The molecule has 68 heavy (non-hydrogen) atoms. The predicted molar refractivity (Wildman–Crippen MR) is 301 cm³/mol. The smallest absolute Gasteiger partial charge is 0.222 e. The van der Waals surface area contributed by atoms with E-state index < -0.39 is 18.2 Å². The molecule has 0 heterocycles. The summed E-state index contributed by atoms with van der Waals surface area (Å²) in [7, 11) is 0. The number of aliphatic hydroxyl groups is 3. The van der Waals surface area contributed by atoms with Crippen LogP contribution in [-0.4, -0.2) is 46.1 Å². The van der Waals surface area contributed by atoms with Crippen LogP contribution in [0.1, 0.15) is 335 Å². The van der Waals surface area contributed by atoms with Crippen LogP contribution in [0.3, 0.4) is 0 Å². The Kier molecular flexibility index (Phi) is 56.9. The summed E-state index contributed by atoms with van der Waals surface area (Å²) in [6, 6.07) is -0.745. The van der Waals surface area contributed by atoms with Crippen LogP contribution in [0.15, 0.2) is 36.5 Å². The highest BCUT2D eigenvalue weighted by Gasteiger charge is 2.20. The number of aliphatic hydroxyl groups excluding tert-OH is 3. The van der Waals surface area contributed by atoms with Gasteiger partial charge in [0.25, 0.3) is 0 Å². The molecule has 0 rings (SSSR count). The average Bonchev–Trinajstić information content (AvgIpc) is 3.33. The minimum atomic E-state index is -0.930. The number of amides is 1. The van der Waals surface area contributed by atoms with Crippen molar-refractivity contribution < 1.29 is 20.1 Å². The van der Waals surface area contributed by atoms with Crippen molar-refractivity contribution in [3.63, 3.8) is 0 Å². The summed E-state index contributed by atoms with van der Waals surface area (Å²) >= 11 is 0. The lowest BCUT2D eigenvalue weighted by molar-refractivity contribution is -0.124. The zero-order valence-corrected chi connectivity index (χ0v) is 46.0. The fraction of sp³-hybridized carbons (Fsp3) is 0.889. The second-order valence-electron chi connectivity index (χ2n) is 21.3. The van der Waals surface area contributed by atoms with Gasteiger partial charge in [-0.3, -0.25) is 4.79 Å². The molecule has 0 aromatic rings. The van der Waals surface area contributed by atoms with Gasteiger partial charge in [0.15, 0.2) is 0 Å². The van der Waals surface area contributed by atoms with Crippen molar-refractivity contribution >= 4 is 5.91 Å². The van der Waals surface area contributed by atoms with Gasteiger partial charge in [0.1, 0.15) is 0 Å². The Morgan fingerprint density at radius 1 is 0.382 bits per heavy atom. The van der Waals surface area contributed by atoms with Crippen LogP contribution in [0.2, 0.25) is 0 Å². The lowest BCUT2D eigenvalue weighted by Gasteiger charge is -2.21. The van der Waals surface area contributed by atoms with E-state index >= 15 is 0 Å². The number of rotatable bonds is 57. The van der Waals surface area contributed by atoms with Crippen molar-refractivity contribution in [3.8, 4) is 0 Å². The molecular formula is C63H121NO4. The molecule has 0 aromatic heterocycles. The fourth-order valence-corrected chi connectivity index (χ4v) is 9.73. The van der Waals surface area contributed by atoms with E-state index in [-0.39, 0.29) is 18.9 Å². The summed E-state index contributed by atoms with van der Waals surface area (Å²) in [5.41, 5.74) is 0. The molecule has 3 atom stereocenters. The van der Waals surface area contributed by atoms with Crippen molar-refractivity contribution in [3.05, 3.63) is 36.5 Å². The molecule has 0 radical (unpaired) electrons. The number of allylic oxidation sites excluding steroid dienone is 5. The standard InChI is InChI=1S/C63H121NO4/c1-3-5-7-9-11-13-15-17-19-21-23-25-27-28-29-30-31-32-33-34-35-36-38-40-42-44-46-48-50-52-54-56-60(66)58-63(68)64-61(59-65)62(67)57-55-53-51-49-47-45-43-41-39-37-26-24-22-20-18-16-14-12-10-8-6-4-2/h23,25,28-29,55,57,60-62,65-67H,3-22,24,26-27,30-54,56,58-59H2,1-2H3,(H,64,68)/b25-23-,29-28-,57-55+. The molecule has 4 N–H and O–H groups in total. The number of hydrogen-bond donors (Lipinski definition) is 4. The molecule has 0 aliphatic heterocycles. The lowest BCUT2D eigenvalue weighted by atomic mass is 10.0. The zero-order chi connectivity index (χ0) is 49.3. The first-order valence-electron chi connectivity index (χ1n) is 30.8. The molecule has 5 heteroatoms. The van der Waals surface area contributed by atoms with Gasteiger partial charge in [0, 0.05) is 0 Å². The highest BCUT2D eigenvalue weighted by Crippen LogP contribution is 2.18. The third-order valence-corrected chi connectivity index (χ3v) is 14.4. The fourth-order valence-electron chi connectivity index (χ4n) is 9.73. The van der Waals surface area contributed by atoms with Crippen LogP contribution in [0.5, 0.6) is 0 Å². The van der Waals surface area contributed by atoms with Gasteiger partial charge in [-0.25, -0.2) is 0 Å². The molecule has 0 bridgehead atoms. The maximum absolute atomic E-state index is 12.5.